The molecular weight excluding hydrogens is 248 g/mol. The number of fused-ring (bicyclic) bond motifs is 1. The highest BCUT2D eigenvalue weighted by atomic mass is 35.5. The van der Waals surface area contributed by atoms with Gasteiger partial charge in [-0.15, -0.1) is 0 Å². The zero-order valence-corrected chi connectivity index (χ0v) is 10.7. The van der Waals surface area contributed by atoms with Gasteiger partial charge in [-0.25, -0.2) is 0 Å². The second kappa shape index (κ2) is 4.54. The third-order valence-corrected chi connectivity index (χ3v) is 3.25. The van der Waals surface area contributed by atoms with Gasteiger partial charge in [0.05, 0.1) is 7.11 Å². The summed E-state index contributed by atoms with van der Waals surface area (Å²) in [6.45, 7) is 1.79. The molecule has 0 N–H and O–H groups in total. The van der Waals surface area contributed by atoms with Crippen LogP contribution in [0.25, 0.3) is 11.1 Å². The fraction of sp³-hybridized carbons (Fsp3) is 0.133. The number of halogens is 1. The average molecular weight is 260 g/mol. The van der Waals surface area contributed by atoms with Gasteiger partial charge in [-0.2, -0.15) is 0 Å². The van der Waals surface area contributed by atoms with E-state index in [1.54, 1.807) is 13.7 Å². The van der Waals surface area contributed by atoms with Crippen LogP contribution in [0.4, 0.5) is 0 Å². The maximum absolute atomic E-state index is 6.16. The van der Waals surface area contributed by atoms with E-state index in [1.165, 1.54) is 0 Å². The van der Waals surface area contributed by atoms with Gasteiger partial charge in [0, 0.05) is 28.1 Å². The first-order valence-electron chi connectivity index (χ1n) is 5.74. The number of rotatable bonds is 2. The minimum Gasteiger partial charge on any atom is -0.496 e. The van der Waals surface area contributed by atoms with Crippen LogP contribution in [0, 0.1) is 6.61 Å². The minimum absolute atomic E-state index is 0.716. The van der Waals surface area contributed by atoms with Crippen molar-refractivity contribution in [3.05, 3.63) is 53.6 Å². The third-order valence-electron chi connectivity index (χ3n) is 3.03. The third kappa shape index (κ3) is 1.83. The summed E-state index contributed by atoms with van der Waals surface area (Å²) >= 11 is 6.16. The predicted molar refractivity (Wildman–Crippen MR) is 72.1 cm³/mol. The van der Waals surface area contributed by atoms with Crippen molar-refractivity contribution in [1.29, 1.82) is 0 Å². The van der Waals surface area contributed by atoms with Crippen LogP contribution in [-0.4, -0.2) is 7.11 Å². The smallest absolute Gasteiger partial charge is 0.140 e. The lowest BCUT2D eigenvalue weighted by Crippen LogP contribution is -1.90. The molecule has 0 aliphatic carbocycles. The topological polar surface area (TPSA) is 18.5 Å². The second-order valence-corrected chi connectivity index (χ2v) is 4.57. The van der Waals surface area contributed by atoms with Crippen LogP contribution < -0.4 is 9.47 Å². The van der Waals surface area contributed by atoms with E-state index in [-0.39, 0.29) is 0 Å². The SMILES string of the molecule is COc1ccccc1-c1cc(Cl)cc2c1O[CH]C2. The molecule has 1 aliphatic rings. The Labute approximate surface area is 111 Å². The first-order chi connectivity index (χ1) is 8.79. The Balaban J connectivity index is 2.23. The Morgan fingerprint density at radius 3 is 2.83 bits per heavy atom. The molecule has 1 radical (unpaired) electrons. The molecule has 0 unspecified atom stereocenters. The molecule has 2 aromatic rings. The van der Waals surface area contributed by atoms with Crippen LogP contribution >= 0.6 is 11.6 Å². The molecule has 3 heteroatoms. The molecule has 0 spiro atoms. The molecule has 91 valence electrons. The van der Waals surface area contributed by atoms with Crippen molar-refractivity contribution in [3.8, 4) is 22.6 Å². The van der Waals surface area contributed by atoms with Crippen LogP contribution in [0.2, 0.25) is 5.02 Å². The van der Waals surface area contributed by atoms with Crippen molar-refractivity contribution in [2.45, 2.75) is 6.42 Å². The quantitative estimate of drug-likeness (QED) is 0.808. The Morgan fingerprint density at radius 1 is 1.17 bits per heavy atom. The highest BCUT2D eigenvalue weighted by Crippen LogP contribution is 2.43. The molecule has 0 atom stereocenters. The average Bonchev–Trinajstić information content (AvgIpc) is 2.85. The highest BCUT2D eigenvalue weighted by Gasteiger charge is 2.20. The normalized spacial score (nSPS) is 13.0. The summed E-state index contributed by atoms with van der Waals surface area (Å²) in [6.07, 6.45) is 0.790. The molecule has 3 rings (SSSR count). The van der Waals surface area contributed by atoms with Gasteiger partial charge in [-0.1, -0.05) is 29.8 Å². The van der Waals surface area contributed by atoms with E-state index in [9.17, 15) is 0 Å². The Morgan fingerprint density at radius 2 is 2.00 bits per heavy atom. The van der Waals surface area contributed by atoms with Gasteiger partial charge in [0.25, 0.3) is 0 Å². The molecule has 2 aromatic carbocycles. The molecule has 0 aromatic heterocycles. The van der Waals surface area contributed by atoms with Crippen molar-refractivity contribution in [2.24, 2.45) is 0 Å². The Bertz CT molecular complexity index is 593. The van der Waals surface area contributed by atoms with E-state index in [4.69, 9.17) is 21.1 Å². The fourth-order valence-electron chi connectivity index (χ4n) is 2.22. The monoisotopic (exact) mass is 259 g/mol. The zero-order valence-electron chi connectivity index (χ0n) is 9.94. The summed E-state index contributed by atoms with van der Waals surface area (Å²) in [5.74, 6) is 1.70. The highest BCUT2D eigenvalue weighted by molar-refractivity contribution is 6.31. The van der Waals surface area contributed by atoms with Crippen molar-refractivity contribution in [3.63, 3.8) is 0 Å². The van der Waals surface area contributed by atoms with Crippen LogP contribution in [-0.2, 0) is 6.42 Å². The number of para-hydroxylation sites is 1. The van der Waals surface area contributed by atoms with Crippen molar-refractivity contribution in [2.75, 3.05) is 7.11 Å². The summed E-state index contributed by atoms with van der Waals surface area (Å²) < 4.78 is 11.0. The number of ether oxygens (including phenoxy) is 2. The fourth-order valence-corrected chi connectivity index (χ4v) is 2.46. The standard InChI is InChI=1S/C15H12ClO2/c1-17-14-5-3-2-4-12(14)13-9-11(16)8-10-6-7-18-15(10)13/h2-5,7-9H,6H2,1H3. The van der Waals surface area contributed by atoms with E-state index in [0.29, 0.717) is 5.02 Å². The van der Waals surface area contributed by atoms with Crippen molar-refractivity contribution in [1.82, 2.24) is 0 Å². The van der Waals surface area contributed by atoms with Gasteiger partial charge in [0.15, 0.2) is 0 Å². The van der Waals surface area contributed by atoms with Gasteiger partial charge in [-0.3, -0.25) is 0 Å². The summed E-state index contributed by atoms with van der Waals surface area (Å²) in [7, 11) is 1.66. The molecule has 0 amide bonds. The lowest BCUT2D eigenvalue weighted by atomic mass is 10.0. The zero-order chi connectivity index (χ0) is 12.5. The first kappa shape index (κ1) is 11.4. The van der Waals surface area contributed by atoms with Crippen LogP contribution in [0.5, 0.6) is 11.5 Å². The number of methoxy groups -OCH3 is 1. The van der Waals surface area contributed by atoms with E-state index < -0.39 is 0 Å². The van der Waals surface area contributed by atoms with E-state index in [2.05, 4.69) is 0 Å². The first-order valence-corrected chi connectivity index (χ1v) is 6.11. The second-order valence-electron chi connectivity index (χ2n) is 4.13. The summed E-state index contributed by atoms with van der Waals surface area (Å²) in [6, 6.07) is 11.7. The molecule has 0 bridgehead atoms. The van der Waals surface area contributed by atoms with Crippen LogP contribution in [0.15, 0.2) is 36.4 Å². The van der Waals surface area contributed by atoms with E-state index >= 15 is 0 Å². The molecule has 1 aliphatic heterocycles. The van der Waals surface area contributed by atoms with Crippen LogP contribution in [0.1, 0.15) is 5.56 Å². The number of hydrogen-bond donors (Lipinski definition) is 0. The predicted octanol–water partition coefficient (Wildman–Crippen LogP) is 4.11. The minimum atomic E-state index is 0.716. The largest absolute Gasteiger partial charge is 0.496 e. The molecule has 1 heterocycles. The van der Waals surface area contributed by atoms with Gasteiger partial charge >= 0.3 is 0 Å². The lowest BCUT2D eigenvalue weighted by molar-refractivity contribution is 0.415. The van der Waals surface area contributed by atoms with Gasteiger partial charge in [0.2, 0.25) is 0 Å². The Kier molecular flexibility index (Phi) is 2.88. The molecule has 18 heavy (non-hydrogen) atoms. The van der Waals surface area contributed by atoms with E-state index in [0.717, 1.165) is 34.6 Å². The summed E-state index contributed by atoms with van der Waals surface area (Å²) in [5, 5.41) is 0.716. The Hall–Kier alpha value is -1.67. The molecular formula is C15H12ClO2. The van der Waals surface area contributed by atoms with E-state index in [1.807, 2.05) is 36.4 Å². The molecule has 2 nitrogen and oxygen atoms in total. The molecule has 0 saturated carbocycles. The van der Waals surface area contributed by atoms with Crippen molar-refractivity contribution < 1.29 is 9.47 Å². The molecule has 0 saturated heterocycles. The summed E-state index contributed by atoms with van der Waals surface area (Å²) in [4.78, 5) is 0. The maximum atomic E-state index is 6.16. The number of hydrogen-bond acceptors (Lipinski definition) is 2. The lowest BCUT2D eigenvalue weighted by Gasteiger charge is -2.12. The maximum Gasteiger partial charge on any atom is 0.140 e. The number of benzene rings is 2. The van der Waals surface area contributed by atoms with Gasteiger partial charge in [0.1, 0.15) is 18.1 Å². The van der Waals surface area contributed by atoms with Gasteiger partial charge < -0.3 is 9.47 Å². The van der Waals surface area contributed by atoms with Gasteiger partial charge in [-0.05, 0) is 18.2 Å². The molecule has 0 fully saturated rings. The van der Waals surface area contributed by atoms with Crippen LogP contribution in [0.3, 0.4) is 0 Å². The summed E-state index contributed by atoms with van der Waals surface area (Å²) in [5.41, 5.74) is 3.08. The van der Waals surface area contributed by atoms with Crippen molar-refractivity contribution >= 4 is 11.6 Å².